The van der Waals surface area contributed by atoms with Gasteiger partial charge in [0.05, 0.1) is 17.9 Å². The van der Waals surface area contributed by atoms with E-state index in [0.29, 0.717) is 19.0 Å². The Morgan fingerprint density at radius 2 is 1.69 bits per heavy atom. The quantitative estimate of drug-likeness (QED) is 0.469. The number of nitriles is 1. The number of Topliss-reactive ketones (excluding diaryl/α,β-unsaturated/α-hetero) is 1. The molecule has 1 aliphatic rings. The average molecular weight is 433 g/mol. The van der Waals surface area contributed by atoms with Crippen LogP contribution < -0.4 is 14.5 Å². The summed E-state index contributed by atoms with van der Waals surface area (Å²) in [6.45, 7) is 2.76. The van der Waals surface area contributed by atoms with Crippen LogP contribution in [0.3, 0.4) is 0 Å². The Kier molecular flexibility index (Phi) is 7.16. The van der Waals surface area contributed by atoms with Crippen LogP contribution in [-0.4, -0.2) is 50.9 Å². The maximum atomic E-state index is 12.8. The molecule has 0 saturated carbocycles. The highest BCUT2D eigenvalue weighted by Crippen LogP contribution is 2.40. The Morgan fingerprint density at radius 1 is 1.03 bits per heavy atom. The first-order chi connectivity index (χ1) is 15.3. The zero-order valence-electron chi connectivity index (χ0n) is 19.0. The molecule has 2 aromatic carbocycles. The Bertz CT molecular complexity index is 1060. The molecule has 0 aliphatic carbocycles. The van der Waals surface area contributed by atoms with E-state index in [2.05, 4.69) is 6.07 Å². The van der Waals surface area contributed by atoms with Crippen molar-refractivity contribution in [3.8, 4) is 11.8 Å². The molecule has 0 N–H and O–H groups in total. The van der Waals surface area contributed by atoms with E-state index in [9.17, 15) is 14.9 Å². The van der Waals surface area contributed by atoms with Gasteiger partial charge in [0.2, 0.25) is 5.91 Å². The molecular weight excluding hydrogens is 404 g/mol. The lowest BCUT2D eigenvalue weighted by Gasteiger charge is -2.20. The van der Waals surface area contributed by atoms with Crippen LogP contribution in [0.15, 0.2) is 59.9 Å². The van der Waals surface area contributed by atoms with Crippen molar-refractivity contribution in [1.29, 1.82) is 5.26 Å². The van der Waals surface area contributed by atoms with Gasteiger partial charge in [-0.15, -0.1) is 0 Å². The Labute approximate surface area is 189 Å². The van der Waals surface area contributed by atoms with Gasteiger partial charge in [0.1, 0.15) is 29.8 Å². The number of nitrogens with zero attached hydrogens (tertiary/aromatic N) is 4. The van der Waals surface area contributed by atoms with E-state index in [1.54, 1.807) is 11.9 Å². The maximum absolute atomic E-state index is 12.8. The van der Waals surface area contributed by atoms with E-state index in [0.717, 1.165) is 22.7 Å². The number of carbonyl (C=O) groups excluding carboxylic acids is 2. The van der Waals surface area contributed by atoms with E-state index >= 15 is 0 Å². The summed E-state index contributed by atoms with van der Waals surface area (Å²) in [5, 5.41) is 9.70. The molecule has 0 atom stereocenters. The number of hydrogen-bond acceptors (Lipinski definition) is 6. The lowest BCUT2D eigenvalue weighted by atomic mass is 10.1. The molecule has 1 amide bonds. The standard InChI is InChI=1S/C25H28N4O3/c1-18-8-7-9-19(16-18)32-15-14-27(2)24(31)13-12-23(30)20(17-26)25-28(3)21-10-5-6-11-22(21)29(25)4/h5-11,16H,12-15H2,1-4H3. The van der Waals surface area contributed by atoms with Crippen LogP contribution in [0.1, 0.15) is 18.4 Å². The number of anilines is 2. The largest absolute Gasteiger partial charge is 0.492 e. The van der Waals surface area contributed by atoms with Gasteiger partial charge in [0, 0.05) is 34.0 Å². The Hall–Kier alpha value is -3.79. The molecule has 0 unspecified atom stereocenters. The number of likely N-dealkylation sites (N-methyl/N-ethyl adjacent to an activating group) is 1. The minimum Gasteiger partial charge on any atom is -0.492 e. The van der Waals surface area contributed by atoms with E-state index in [-0.39, 0.29) is 30.1 Å². The van der Waals surface area contributed by atoms with Crippen molar-refractivity contribution in [2.75, 3.05) is 44.1 Å². The minimum absolute atomic E-state index is 0.0215. The number of allylic oxidation sites excluding steroid dienone is 1. The smallest absolute Gasteiger partial charge is 0.222 e. The molecule has 2 aromatic rings. The predicted octanol–water partition coefficient (Wildman–Crippen LogP) is 3.50. The number of benzene rings is 2. The molecule has 0 spiro atoms. The van der Waals surface area contributed by atoms with E-state index in [1.807, 2.05) is 79.3 Å². The molecule has 1 heterocycles. The molecule has 0 saturated heterocycles. The number of carbonyl (C=O) groups is 2. The van der Waals surface area contributed by atoms with Crippen molar-refractivity contribution in [3.63, 3.8) is 0 Å². The van der Waals surface area contributed by atoms with Crippen molar-refractivity contribution in [2.24, 2.45) is 0 Å². The third-order valence-electron chi connectivity index (χ3n) is 5.53. The summed E-state index contributed by atoms with van der Waals surface area (Å²) in [6.07, 6.45) is 0.0188. The van der Waals surface area contributed by atoms with Crippen molar-refractivity contribution in [3.05, 3.63) is 65.5 Å². The molecule has 0 radical (unpaired) electrons. The van der Waals surface area contributed by atoms with Crippen molar-refractivity contribution in [1.82, 2.24) is 4.90 Å². The van der Waals surface area contributed by atoms with Gasteiger partial charge in [-0.1, -0.05) is 24.3 Å². The molecule has 1 aliphatic heterocycles. The maximum Gasteiger partial charge on any atom is 0.222 e. The molecule has 7 heteroatoms. The van der Waals surface area contributed by atoms with Crippen molar-refractivity contribution < 1.29 is 14.3 Å². The fraction of sp³-hybridized carbons (Fsp3) is 0.320. The molecule has 3 rings (SSSR count). The second-order valence-electron chi connectivity index (χ2n) is 7.82. The number of amides is 1. The number of rotatable bonds is 8. The summed E-state index contributed by atoms with van der Waals surface area (Å²) in [5.74, 6) is 0.792. The lowest BCUT2D eigenvalue weighted by molar-refractivity contribution is -0.131. The normalized spacial score (nSPS) is 12.3. The molecule has 166 valence electrons. The average Bonchev–Trinajstić information content (AvgIpc) is 3.03. The predicted molar refractivity (Wildman–Crippen MR) is 124 cm³/mol. The van der Waals surface area contributed by atoms with Gasteiger partial charge in [-0.25, -0.2) is 0 Å². The second-order valence-corrected chi connectivity index (χ2v) is 7.82. The summed E-state index contributed by atoms with van der Waals surface area (Å²) in [7, 11) is 5.34. The Balaban J connectivity index is 1.56. The first-order valence-corrected chi connectivity index (χ1v) is 10.5. The van der Waals surface area contributed by atoms with E-state index in [1.165, 1.54) is 0 Å². The topological polar surface area (TPSA) is 76.9 Å². The summed E-state index contributed by atoms with van der Waals surface area (Å²) >= 11 is 0. The van der Waals surface area contributed by atoms with Crippen LogP contribution in [-0.2, 0) is 9.59 Å². The SMILES string of the molecule is Cc1cccc(OCCN(C)C(=O)CCC(=O)C(C#N)=C2N(C)c3ccccc3N2C)c1. The molecule has 7 nitrogen and oxygen atoms in total. The molecule has 32 heavy (non-hydrogen) atoms. The molecule has 0 fully saturated rings. The number of para-hydroxylation sites is 2. The van der Waals surface area contributed by atoms with E-state index < -0.39 is 0 Å². The zero-order chi connectivity index (χ0) is 23.3. The zero-order valence-corrected chi connectivity index (χ0v) is 19.0. The third-order valence-corrected chi connectivity index (χ3v) is 5.53. The number of hydrogen-bond donors (Lipinski definition) is 0. The van der Waals surface area contributed by atoms with Gasteiger partial charge >= 0.3 is 0 Å². The van der Waals surface area contributed by atoms with E-state index in [4.69, 9.17) is 4.74 Å². The fourth-order valence-corrected chi connectivity index (χ4v) is 3.72. The van der Waals surface area contributed by atoms with Gasteiger partial charge in [0.15, 0.2) is 5.78 Å². The number of ether oxygens (including phenoxy) is 1. The van der Waals surface area contributed by atoms with Crippen molar-refractivity contribution in [2.45, 2.75) is 19.8 Å². The monoisotopic (exact) mass is 432 g/mol. The van der Waals surface area contributed by atoms with Gasteiger partial charge < -0.3 is 19.4 Å². The van der Waals surface area contributed by atoms with Gasteiger partial charge in [-0.2, -0.15) is 5.26 Å². The Morgan fingerprint density at radius 3 is 2.28 bits per heavy atom. The second kappa shape index (κ2) is 10.0. The number of ketones is 1. The van der Waals surface area contributed by atoms with Gasteiger partial charge in [-0.05, 0) is 36.8 Å². The first-order valence-electron chi connectivity index (χ1n) is 10.5. The lowest BCUT2D eigenvalue weighted by Crippen LogP contribution is -2.31. The minimum atomic E-state index is -0.341. The summed E-state index contributed by atoms with van der Waals surface area (Å²) < 4.78 is 5.69. The highest BCUT2D eigenvalue weighted by molar-refractivity contribution is 6.03. The highest BCUT2D eigenvalue weighted by Gasteiger charge is 2.31. The molecule has 0 bridgehead atoms. The molecule has 0 aromatic heterocycles. The first kappa shape index (κ1) is 22.9. The summed E-state index contributed by atoms with van der Waals surface area (Å²) in [4.78, 5) is 30.5. The van der Waals surface area contributed by atoms with Crippen LogP contribution in [0.4, 0.5) is 11.4 Å². The molecular formula is C25H28N4O3. The number of fused-ring (bicyclic) bond motifs is 1. The van der Waals surface area contributed by atoms with Gasteiger partial charge in [0.25, 0.3) is 0 Å². The van der Waals surface area contributed by atoms with Crippen molar-refractivity contribution >= 4 is 23.1 Å². The van der Waals surface area contributed by atoms with Crippen LogP contribution >= 0.6 is 0 Å². The summed E-state index contributed by atoms with van der Waals surface area (Å²) in [6, 6.07) is 17.5. The fourth-order valence-electron chi connectivity index (χ4n) is 3.72. The van der Waals surface area contributed by atoms with Crippen LogP contribution in [0.2, 0.25) is 0 Å². The van der Waals surface area contributed by atoms with Gasteiger partial charge in [-0.3, -0.25) is 9.59 Å². The van der Waals surface area contributed by atoms with Crippen LogP contribution in [0.25, 0.3) is 0 Å². The number of aryl methyl sites for hydroxylation is 1. The van der Waals surface area contributed by atoms with Crippen LogP contribution in [0, 0.1) is 18.3 Å². The highest BCUT2D eigenvalue weighted by atomic mass is 16.5. The van der Waals surface area contributed by atoms with Crippen LogP contribution in [0.5, 0.6) is 5.75 Å². The third kappa shape index (κ3) is 4.92. The summed E-state index contributed by atoms with van der Waals surface area (Å²) in [5.41, 5.74) is 3.02.